The Morgan fingerprint density at radius 1 is 1.07 bits per heavy atom. The number of ether oxygens (including phenoxy) is 3. The van der Waals surface area contributed by atoms with Gasteiger partial charge in [-0.15, -0.1) is 0 Å². The maximum Gasteiger partial charge on any atom is 0.410 e. The van der Waals surface area contributed by atoms with E-state index < -0.39 is 35.7 Å². The maximum atomic E-state index is 12.9. The summed E-state index contributed by atoms with van der Waals surface area (Å²) in [4.78, 5) is 49.9. The molecule has 1 aliphatic rings. The van der Waals surface area contributed by atoms with Gasteiger partial charge in [-0.1, -0.05) is 59.2 Å². The zero-order valence-corrected chi connectivity index (χ0v) is 26.2. The summed E-state index contributed by atoms with van der Waals surface area (Å²) in [6, 6.07) is 5.11. The predicted octanol–water partition coefficient (Wildman–Crippen LogP) is 4.64. The van der Waals surface area contributed by atoms with Crippen molar-refractivity contribution in [2.45, 2.75) is 98.4 Å². The molecule has 0 saturated heterocycles. The summed E-state index contributed by atoms with van der Waals surface area (Å²) in [5.74, 6) is -1.43. The second-order valence-corrected chi connectivity index (χ2v) is 12.8. The first-order valence-corrected chi connectivity index (χ1v) is 14.6. The first kappa shape index (κ1) is 34.9. The van der Waals surface area contributed by atoms with Crippen LogP contribution in [0.3, 0.4) is 0 Å². The molecule has 11 heteroatoms. The fourth-order valence-electron chi connectivity index (χ4n) is 4.94. The highest BCUT2D eigenvalue weighted by atomic mass is 16.6. The Labute approximate surface area is 249 Å². The van der Waals surface area contributed by atoms with E-state index in [0.717, 1.165) is 36.8 Å². The number of aliphatic carboxylic acids is 1. The molecule has 0 bridgehead atoms. The lowest BCUT2D eigenvalue weighted by molar-refractivity contribution is -0.142. The number of benzene rings is 1. The summed E-state index contributed by atoms with van der Waals surface area (Å²) in [6.07, 6.45) is 2.54. The number of hydrogen-bond donors (Lipinski definition) is 3. The van der Waals surface area contributed by atoms with Gasteiger partial charge in [-0.25, -0.2) is 14.4 Å². The minimum Gasteiger partial charge on any atom is -0.480 e. The Morgan fingerprint density at radius 2 is 1.79 bits per heavy atom. The summed E-state index contributed by atoms with van der Waals surface area (Å²) >= 11 is 0. The van der Waals surface area contributed by atoms with Crippen molar-refractivity contribution < 1.29 is 38.5 Å². The lowest BCUT2D eigenvalue weighted by atomic mass is 9.87. The van der Waals surface area contributed by atoms with E-state index in [1.165, 1.54) is 12.7 Å². The van der Waals surface area contributed by atoms with Crippen molar-refractivity contribution in [3.8, 4) is 0 Å². The molecular formula is C31H49N3O8. The number of nitrogens with one attached hydrogen (secondary N) is 2. The summed E-state index contributed by atoms with van der Waals surface area (Å²) in [5.41, 5.74) is 2.56. The van der Waals surface area contributed by atoms with Gasteiger partial charge in [0.1, 0.15) is 12.1 Å². The van der Waals surface area contributed by atoms with Crippen molar-refractivity contribution in [2.24, 2.45) is 10.8 Å². The van der Waals surface area contributed by atoms with Crippen LogP contribution in [0.25, 0.3) is 0 Å². The van der Waals surface area contributed by atoms with Crippen LogP contribution in [0, 0.1) is 10.8 Å². The third kappa shape index (κ3) is 11.2. The number of methoxy groups -OCH3 is 1. The summed E-state index contributed by atoms with van der Waals surface area (Å²) < 4.78 is 15.8. The molecule has 0 aliphatic carbocycles. The lowest BCUT2D eigenvalue weighted by Gasteiger charge is -2.29. The Bertz CT molecular complexity index is 1080. The van der Waals surface area contributed by atoms with Crippen LogP contribution in [-0.2, 0) is 43.3 Å². The van der Waals surface area contributed by atoms with Crippen molar-refractivity contribution in [3.63, 3.8) is 0 Å². The number of carboxylic acid groups (broad SMARTS) is 1. The molecule has 0 fully saturated rings. The van der Waals surface area contributed by atoms with Crippen LogP contribution in [-0.4, -0.2) is 73.6 Å². The SMILES string of the molecule is CNC[C@@H](CCC(=O)OC)OC(=O)N1Cc2cccc(CCCCC(C)(C)COC(=O)N[C@H](C(=O)O)C(C)(C)C)c2C1. The second-order valence-electron chi connectivity index (χ2n) is 12.8. The molecule has 11 nitrogen and oxygen atoms in total. The summed E-state index contributed by atoms with van der Waals surface area (Å²) in [7, 11) is 3.11. The number of rotatable bonds is 15. The fourth-order valence-corrected chi connectivity index (χ4v) is 4.94. The number of aryl methyl sites for hydroxylation is 1. The molecule has 1 aromatic rings. The van der Waals surface area contributed by atoms with Gasteiger partial charge in [-0.05, 0) is 60.3 Å². The van der Waals surface area contributed by atoms with E-state index in [2.05, 4.69) is 16.7 Å². The molecule has 42 heavy (non-hydrogen) atoms. The molecule has 1 aliphatic heterocycles. The van der Waals surface area contributed by atoms with Crippen LogP contribution in [0.5, 0.6) is 0 Å². The van der Waals surface area contributed by atoms with E-state index in [0.29, 0.717) is 26.1 Å². The first-order valence-electron chi connectivity index (χ1n) is 14.6. The van der Waals surface area contributed by atoms with Crippen molar-refractivity contribution >= 4 is 24.1 Å². The van der Waals surface area contributed by atoms with E-state index in [1.54, 1.807) is 32.7 Å². The Balaban J connectivity index is 1.83. The van der Waals surface area contributed by atoms with Gasteiger partial charge in [0.2, 0.25) is 0 Å². The molecule has 0 unspecified atom stereocenters. The zero-order valence-electron chi connectivity index (χ0n) is 26.2. The van der Waals surface area contributed by atoms with E-state index in [4.69, 9.17) is 14.2 Å². The van der Waals surface area contributed by atoms with Crippen LogP contribution in [0.4, 0.5) is 9.59 Å². The molecule has 0 aromatic heterocycles. The number of amides is 2. The third-order valence-corrected chi connectivity index (χ3v) is 7.45. The van der Waals surface area contributed by atoms with Gasteiger partial charge in [-0.3, -0.25) is 9.69 Å². The third-order valence-electron chi connectivity index (χ3n) is 7.45. The minimum atomic E-state index is -1.10. The number of hydrogen-bond acceptors (Lipinski definition) is 8. The van der Waals surface area contributed by atoms with Crippen molar-refractivity contribution in [2.75, 3.05) is 27.3 Å². The van der Waals surface area contributed by atoms with Crippen LogP contribution in [0.1, 0.15) is 83.4 Å². The molecule has 2 amide bonds. The number of carboxylic acids is 1. The molecule has 2 atom stereocenters. The predicted molar refractivity (Wildman–Crippen MR) is 158 cm³/mol. The topological polar surface area (TPSA) is 143 Å². The van der Waals surface area contributed by atoms with Crippen LogP contribution < -0.4 is 10.6 Å². The highest BCUT2D eigenvalue weighted by Crippen LogP contribution is 2.29. The number of carbonyl (C=O) groups is 4. The minimum absolute atomic E-state index is 0.180. The largest absolute Gasteiger partial charge is 0.480 e. The van der Waals surface area contributed by atoms with Crippen molar-refractivity contribution in [1.29, 1.82) is 0 Å². The molecule has 3 N–H and O–H groups in total. The number of likely N-dealkylation sites (N-methyl/N-ethyl adjacent to an activating group) is 1. The van der Waals surface area contributed by atoms with Gasteiger partial charge in [0.25, 0.3) is 0 Å². The number of carbonyl (C=O) groups excluding carboxylic acids is 3. The highest BCUT2D eigenvalue weighted by molar-refractivity contribution is 5.80. The molecule has 0 saturated carbocycles. The molecular weight excluding hydrogens is 542 g/mol. The van der Waals surface area contributed by atoms with Gasteiger partial charge in [0.05, 0.1) is 13.7 Å². The second kappa shape index (κ2) is 15.8. The summed E-state index contributed by atoms with van der Waals surface area (Å²) in [5, 5.41) is 14.9. The fraction of sp³-hybridized carbons (Fsp3) is 0.677. The zero-order chi connectivity index (χ0) is 31.5. The first-order chi connectivity index (χ1) is 19.7. The Hall–Kier alpha value is -3.34. The molecule has 236 valence electrons. The number of alkyl carbamates (subject to hydrolysis) is 1. The van der Waals surface area contributed by atoms with Gasteiger partial charge in [0, 0.05) is 26.1 Å². The van der Waals surface area contributed by atoms with E-state index >= 15 is 0 Å². The number of esters is 1. The standard InChI is InChI=1S/C31H49N3O8/c1-30(2,3)26(27(36)37)33-28(38)41-20-31(4,5)16-9-8-11-21-12-10-13-22-18-34(19-24(21)22)29(39)42-23(17-32-6)14-15-25(35)40-7/h10,12-13,23,26,32H,8-9,11,14-20H2,1-7H3,(H,33,38)(H,36,37)/t23-,26-/m1/s1. The van der Waals surface area contributed by atoms with Gasteiger partial charge >= 0.3 is 24.1 Å². The maximum absolute atomic E-state index is 12.9. The molecule has 1 heterocycles. The van der Waals surface area contributed by atoms with E-state index in [-0.39, 0.29) is 24.4 Å². The van der Waals surface area contributed by atoms with E-state index in [1.807, 2.05) is 26.0 Å². The van der Waals surface area contributed by atoms with Crippen LogP contribution in [0.2, 0.25) is 0 Å². The highest BCUT2D eigenvalue weighted by Gasteiger charge is 2.34. The van der Waals surface area contributed by atoms with Crippen LogP contribution in [0.15, 0.2) is 18.2 Å². The number of nitrogens with zero attached hydrogens (tertiary/aromatic N) is 1. The summed E-state index contributed by atoms with van der Waals surface area (Å²) in [6.45, 7) is 10.9. The van der Waals surface area contributed by atoms with Crippen LogP contribution >= 0.6 is 0 Å². The molecule has 2 rings (SSSR count). The van der Waals surface area contributed by atoms with E-state index in [9.17, 15) is 24.3 Å². The number of fused-ring (bicyclic) bond motifs is 1. The lowest BCUT2D eigenvalue weighted by Crippen LogP contribution is -2.49. The smallest absolute Gasteiger partial charge is 0.410 e. The molecule has 1 aromatic carbocycles. The number of unbranched alkanes of at least 4 members (excludes halogenated alkanes) is 1. The van der Waals surface area contributed by atoms with Gasteiger partial charge < -0.3 is 30.0 Å². The van der Waals surface area contributed by atoms with Gasteiger partial charge in [-0.2, -0.15) is 0 Å². The average Bonchev–Trinajstić information content (AvgIpc) is 3.36. The Morgan fingerprint density at radius 3 is 2.40 bits per heavy atom. The van der Waals surface area contributed by atoms with Crippen molar-refractivity contribution in [1.82, 2.24) is 15.5 Å². The normalized spacial score (nSPS) is 14.5. The van der Waals surface area contributed by atoms with Crippen molar-refractivity contribution in [3.05, 3.63) is 34.9 Å². The molecule has 0 spiro atoms. The quantitative estimate of drug-likeness (QED) is 0.151. The van der Waals surface area contributed by atoms with Gasteiger partial charge in [0.15, 0.2) is 0 Å². The molecule has 0 radical (unpaired) electrons. The average molecular weight is 592 g/mol. The monoisotopic (exact) mass is 591 g/mol. The Kier molecular flexibility index (Phi) is 13.1.